The molecule has 0 spiro atoms. The van der Waals surface area contributed by atoms with Gasteiger partial charge < -0.3 is 14.2 Å². The quantitative estimate of drug-likeness (QED) is 0.720. The number of carbonyl (C=O) groups is 1. The minimum absolute atomic E-state index is 0.0303. The van der Waals surface area contributed by atoms with Crippen LogP contribution in [-0.2, 0) is 26.0 Å². The Labute approximate surface area is 156 Å². The first kappa shape index (κ1) is 18.7. The van der Waals surface area contributed by atoms with E-state index in [2.05, 4.69) is 0 Å². The van der Waals surface area contributed by atoms with Crippen molar-refractivity contribution in [2.45, 2.75) is 17.4 Å². The summed E-state index contributed by atoms with van der Waals surface area (Å²) in [6.07, 6.45) is 0.549. The lowest BCUT2D eigenvalue weighted by atomic mass is 10.0. The number of benzene rings is 1. The molecule has 0 saturated heterocycles. The molecule has 26 heavy (non-hydrogen) atoms. The summed E-state index contributed by atoms with van der Waals surface area (Å²) in [7, 11) is 0.220. The first-order chi connectivity index (χ1) is 12.4. The molecule has 7 nitrogen and oxygen atoms in total. The van der Waals surface area contributed by atoms with Crippen LogP contribution in [0.1, 0.15) is 16.5 Å². The van der Waals surface area contributed by atoms with Gasteiger partial charge in [0.2, 0.25) is 10.0 Å². The molecule has 2 aromatic rings. The van der Waals surface area contributed by atoms with Crippen molar-refractivity contribution >= 4 is 27.3 Å². The molecule has 1 aromatic heterocycles. The molecular weight excluding hydrogens is 378 g/mol. The van der Waals surface area contributed by atoms with Gasteiger partial charge in [0.15, 0.2) is 11.5 Å². The van der Waals surface area contributed by atoms with Crippen LogP contribution in [0, 0.1) is 0 Å². The Morgan fingerprint density at radius 2 is 1.88 bits per heavy atom. The van der Waals surface area contributed by atoms with Gasteiger partial charge in [-0.05, 0) is 35.6 Å². The molecule has 0 radical (unpaired) electrons. The predicted octanol–water partition coefficient (Wildman–Crippen LogP) is 2.23. The highest BCUT2D eigenvalue weighted by atomic mass is 32.2. The molecular formula is C17H19NO6S2. The fraction of sp³-hybridized carbons (Fsp3) is 0.353. The third-order valence-electron chi connectivity index (χ3n) is 4.31. The van der Waals surface area contributed by atoms with E-state index in [4.69, 9.17) is 14.2 Å². The maximum Gasteiger partial charge on any atom is 0.328 e. The number of sulfonamides is 1. The molecule has 0 N–H and O–H groups in total. The molecule has 1 atom stereocenters. The summed E-state index contributed by atoms with van der Waals surface area (Å²) < 4.78 is 42.9. The van der Waals surface area contributed by atoms with E-state index < -0.39 is 22.0 Å². The van der Waals surface area contributed by atoms with Crippen molar-refractivity contribution in [1.82, 2.24) is 4.31 Å². The maximum absolute atomic E-state index is 13.2. The lowest BCUT2D eigenvalue weighted by molar-refractivity contribution is -0.145. The molecule has 0 bridgehead atoms. The van der Waals surface area contributed by atoms with E-state index in [0.29, 0.717) is 23.5 Å². The van der Waals surface area contributed by atoms with Gasteiger partial charge >= 0.3 is 5.97 Å². The summed E-state index contributed by atoms with van der Waals surface area (Å²) >= 11 is 1.51. The number of hydrogen-bond acceptors (Lipinski definition) is 7. The molecule has 1 aromatic carbocycles. The van der Waals surface area contributed by atoms with Crippen LogP contribution in [0.4, 0.5) is 0 Å². The number of esters is 1. The summed E-state index contributed by atoms with van der Waals surface area (Å²) in [5.74, 6) is 0.125. The second-order valence-corrected chi connectivity index (χ2v) is 8.50. The van der Waals surface area contributed by atoms with E-state index in [1.165, 1.54) is 55.2 Å². The van der Waals surface area contributed by atoms with E-state index in [0.717, 1.165) is 4.88 Å². The number of fused-ring (bicyclic) bond motifs is 1. The molecule has 1 unspecified atom stereocenters. The van der Waals surface area contributed by atoms with E-state index in [1.54, 1.807) is 6.07 Å². The van der Waals surface area contributed by atoms with E-state index in [-0.39, 0.29) is 11.4 Å². The van der Waals surface area contributed by atoms with Crippen LogP contribution in [-0.4, -0.2) is 46.6 Å². The van der Waals surface area contributed by atoms with Crippen LogP contribution in [0.2, 0.25) is 0 Å². The zero-order chi connectivity index (χ0) is 18.9. The molecule has 0 amide bonds. The van der Waals surface area contributed by atoms with Crippen LogP contribution >= 0.6 is 11.3 Å². The van der Waals surface area contributed by atoms with Crippen molar-refractivity contribution in [3.63, 3.8) is 0 Å². The standard InChI is InChI=1S/C17H19NO6S2/c1-22-13-5-4-11(10-14(13)23-2)26(20,21)18-8-6-15-12(7-9-25-15)16(18)17(19)24-3/h4-5,7,9-10,16H,6,8H2,1-3H3. The first-order valence-corrected chi connectivity index (χ1v) is 10.1. The maximum atomic E-state index is 13.2. The van der Waals surface area contributed by atoms with Crippen molar-refractivity contribution in [2.24, 2.45) is 0 Å². The highest BCUT2D eigenvalue weighted by molar-refractivity contribution is 7.89. The Morgan fingerprint density at radius 1 is 1.15 bits per heavy atom. The van der Waals surface area contributed by atoms with Crippen molar-refractivity contribution in [1.29, 1.82) is 0 Å². The first-order valence-electron chi connectivity index (χ1n) is 7.82. The van der Waals surface area contributed by atoms with Crippen LogP contribution in [0.15, 0.2) is 34.5 Å². The molecule has 1 aliphatic heterocycles. The minimum Gasteiger partial charge on any atom is -0.493 e. The number of thiophene rings is 1. The Hall–Kier alpha value is -2.10. The number of nitrogens with zero attached hydrogens (tertiary/aromatic N) is 1. The van der Waals surface area contributed by atoms with Gasteiger partial charge in [-0.15, -0.1) is 11.3 Å². The van der Waals surface area contributed by atoms with Crippen LogP contribution in [0.5, 0.6) is 11.5 Å². The highest BCUT2D eigenvalue weighted by Gasteiger charge is 2.42. The fourth-order valence-corrected chi connectivity index (χ4v) is 5.50. The fourth-order valence-electron chi connectivity index (χ4n) is 3.02. The second-order valence-electron chi connectivity index (χ2n) is 5.61. The SMILES string of the molecule is COC(=O)C1c2ccsc2CCN1S(=O)(=O)c1ccc(OC)c(OC)c1. The normalized spacial score (nSPS) is 17.4. The van der Waals surface area contributed by atoms with Gasteiger partial charge in [0, 0.05) is 17.5 Å². The Morgan fingerprint density at radius 3 is 2.54 bits per heavy atom. The van der Waals surface area contributed by atoms with Gasteiger partial charge in [-0.2, -0.15) is 4.31 Å². The molecule has 2 heterocycles. The van der Waals surface area contributed by atoms with Crippen LogP contribution < -0.4 is 9.47 Å². The van der Waals surface area contributed by atoms with Gasteiger partial charge in [0.05, 0.1) is 26.2 Å². The summed E-state index contributed by atoms with van der Waals surface area (Å²) in [4.78, 5) is 13.4. The second kappa shape index (κ2) is 7.26. The minimum atomic E-state index is -3.94. The van der Waals surface area contributed by atoms with Crippen LogP contribution in [0.25, 0.3) is 0 Å². The number of rotatable bonds is 5. The van der Waals surface area contributed by atoms with Crippen molar-refractivity contribution in [2.75, 3.05) is 27.9 Å². The van der Waals surface area contributed by atoms with Gasteiger partial charge in [-0.3, -0.25) is 0 Å². The number of ether oxygens (including phenoxy) is 3. The Bertz CT molecular complexity index is 921. The topological polar surface area (TPSA) is 82.1 Å². The third kappa shape index (κ3) is 3.06. The largest absolute Gasteiger partial charge is 0.493 e. The summed E-state index contributed by atoms with van der Waals surface area (Å²) in [6.45, 7) is 0.198. The molecule has 1 aliphatic rings. The Kier molecular flexibility index (Phi) is 5.22. The van der Waals surface area contributed by atoms with Crippen molar-refractivity contribution in [3.8, 4) is 11.5 Å². The zero-order valence-corrected chi connectivity index (χ0v) is 16.2. The van der Waals surface area contributed by atoms with Gasteiger partial charge in [0.25, 0.3) is 0 Å². The highest BCUT2D eigenvalue weighted by Crippen LogP contribution is 2.39. The summed E-state index contributed by atoms with van der Waals surface area (Å²) in [5.41, 5.74) is 0.678. The molecule has 140 valence electrons. The monoisotopic (exact) mass is 397 g/mol. The Balaban J connectivity index is 2.07. The smallest absolute Gasteiger partial charge is 0.328 e. The lowest BCUT2D eigenvalue weighted by Gasteiger charge is -2.33. The predicted molar refractivity (Wildman–Crippen MR) is 96.2 cm³/mol. The number of hydrogen-bond donors (Lipinski definition) is 0. The molecule has 3 rings (SSSR count). The molecule has 9 heteroatoms. The van der Waals surface area contributed by atoms with E-state index >= 15 is 0 Å². The van der Waals surface area contributed by atoms with E-state index in [9.17, 15) is 13.2 Å². The summed E-state index contributed by atoms with van der Waals surface area (Å²) in [6, 6.07) is 5.14. The molecule has 0 fully saturated rings. The number of carbonyl (C=O) groups excluding carboxylic acids is 1. The van der Waals surface area contributed by atoms with Crippen LogP contribution in [0.3, 0.4) is 0 Å². The molecule has 0 saturated carbocycles. The van der Waals surface area contributed by atoms with Gasteiger partial charge in [-0.1, -0.05) is 0 Å². The third-order valence-corrected chi connectivity index (χ3v) is 7.16. The lowest BCUT2D eigenvalue weighted by Crippen LogP contribution is -2.43. The number of methoxy groups -OCH3 is 3. The van der Waals surface area contributed by atoms with E-state index in [1.807, 2.05) is 5.38 Å². The van der Waals surface area contributed by atoms with Gasteiger partial charge in [0.1, 0.15) is 6.04 Å². The van der Waals surface area contributed by atoms with Crippen molar-refractivity contribution in [3.05, 3.63) is 40.1 Å². The van der Waals surface area contributed by atoms with Gasteiger partial charge in [-0.25, -0.2) is 13.2 Å². The zero-order valence-electron chi connectivity index (χ0n) is 14.6. The average molecular weight is 397 g/mol. The average Bonchev–Trinajstić information content (AvgIpc) is 3.14. The summed E-state index contributed by atoms with van der Waals surface area (Å²) in [5, 5.41) is 1.85. The van der Waals surface area contributed by atoms with Crippen molar-refractivity contribution < 1.29 is 27.4 Å². The molecule has 0 aliphatic carbocycles.